The van der Waals surface area contributed by atoms with Gasteiger partial charge in [-0.1, -0.05) is 6.07 Å². The lowest BCUT2D eigenvalue weighted by Gasteiger charge is -2.29. The van der Waals surface area contributed by atoms with E-state index < -0.39 is 0 Å². The highest BCUT2D eigenvalue weighted by atomic mass is 32.1. The van der Waals surface area contributed by atoms with Crippen molar-refractivity contribution in [1.29, 1.82) is 0 Å². The summed E-state index contributed by atoms with van der Waals surface area (Å²) in [5.41, 5.74) is 0.960. The molecule has 2 aliphatic heterocycles. The maximum atomic E-state index is 13.1. The monoisotopic (exact) mass is 414 g/mol. The van der Waals surface area contributed by atoms with E-state index in [1.807, 2.05) is 22.4 Å². The number of carbonyl (C=O) groups is 2. The van der Waals surface area contributed by atoms with Gasteiger partial charge >= 0.3 is 0 Å². The topological polar surface area (TPSA) is 68.3 Å². The fourth-order valence-corrected chi connectivity index (χ4v) is 4.18. The maximum Gasteiger partial charge on any atom is 0.278 e. The number of benzene rings is 1. The Kier molecular flexibility index (Phi) is 5.82. The van der Waals surface area contributed by atoms with Gasteiger partial charge in [-0.2, -0.15) is 0 Å². The van der Waals surface area contributed by atoms with Crippen LogP contribution in [-0.4, -0.2) is 68.2 Å². The van der Waals surface area contributed by atoms with Crippen LogP contribution in [0.1, 0.15) is 4.88 Å². The highest BCUT2D eigenvalue weighted by Gasteiger charge is 2.42. The molecule has 0 unspecified atom stereocenters. The van der Waals surface area contributed by atoms with Crippen molar-refractivity contribution < 1.29 is 23.8 Å². The first kappa shape index (κ1) is 19.5. The molecule has 0 N–H and O–H groups in total. The van der Waals surface area contributed by atoms with E-state index in [-0.39, 0.29) is 25.0 Å². The molecule has 2 amide bonds. The first-order chi connectivity index (χ1) is 14.2. The van der Waals surface area contributed by atoms with Crippen molar-refractivity contribution in [2.24, 2.45) is 0 Å². The smallest absolute Gasteiger partial charge is 0.278 e. The Hall–Kier alpha value is -2.84. The molecule has 7 nitrogen and oxygen atoms in total. The number of nitrogens with zero attached hydrogens (tertiary/aromatic N) is 2. The van der Waals surface area contributed by atoms with Crippen LogP contribution in [0.3, 0.4) is 0 Å². The predicted octanol–water partition coefficient (Wildman–Crippen LogP) is 2.25. The van der Waals surface area contributed by atoms with E-state index in [1.54, 1.807) is 31.4 Å². The lowest BCUT2D eigenvalue weighted by atomic mass is 10.1. The molecule has 0 bridgehead atoms. The molecule has 152 valence electrons. The van der Waals surface area contributed by atoms with Gasteiger partial charge < -0.3 is 19.1 Å². The van der Waals surface area contributed by atoms with E-state index >= 15 is 0 Å². The zero-order valence-electron chi connectivity index (χ0n) is 16.1. The third kappa shape index (κ3) is 3.99. The van der Waals surface area contributed by atoms with Crippen molar-refractivity contribution in [3.63, 3.8) is 0 Å². The van der Waals surface area contributed by atoms with Crippen LogP contribution in [0.25, 0.3) is 5.57 Å². The summed E-state index contributed by atoms with van der Waals surface area (Å²) in [7, 11) is 1.60. The number of hydrogen-bond acceptors (Lipinski definition) is 7. The Bertz CT molecular complexity index is 902. The highest BCUT2D eigenvalue weighted by Crippen LogP contribution is 2.34. The van der Waals surface area contributed by atoms with E-state index in [4.69, 9.17) is 14.2 Å². The molecule has 1 aromatic heterocycles. The van der Waals surface area contributed by atoms with Gasteiger partial charge in [0.1, 0.15) is 23.8 Å². The summed E-state index contributed by atoms with van der Waals surface area (Å²) in [6.45, 7) is 2.69. The van der Waals surface area contributed by atoms with Gasteiger partial charge in [-0.3, -0.25) is 14.5 Å². The average Bonchev–Trinajstić information content (AvgIpc) is 3.37. The molecule has 0 radical (unpaired) electrons. The second kappa shape index (κ2) is 8.67. The van der Waals surface area contributed by atoms with Crippen molar-refractivity contribution in [2.45, 2.75) is 0 Å². The summed E-state index contributed by atoms with van der Waals surface area (Å²) in [5, 5.41) is 1.91. The zero-order valence-corrected chi connectivity index (χ0v) is 16.9. The van der Waals surface area contributed by atoms with Crippen LogP contribution in [0.2, 0.25) is 0 Å². The Morgan fingerprint density at radius 2 is 1.76 bits per heavy atom. The first-order valence-electron chi connectivity index (χ1n) is 9.43. The number of amides is 2. The van der Waals surface area contributed by atoms with Crippen LogP contribution in [0.4, 0.5) is 0 Å². The molecule has 2 aliphatic rings. The lowest BCUT2D eigenvalue weighted by Crippen LogP contribution is -2.41. The molecule has 8 heteroatoms. The van der Waals surface area contributed by atoms with Crippen molar-refractivity contribution in [3.05, 3.63) is 52.4 Å². The normalized spacial score (nSPS) is 17.3. The summed E-state index contributed by atoms with van der Waals surface area (Å²) >= 11 is 1.46. The van der Waals surface area contributed by atoms with E-state index in [1.165, 1.54) is 16.2 Å². The van der Waals surface area contributed by atoms with Gasteiger partial charge in [-0.05, 0) is 35.7 Å². The molecule has 3 heterocycles. The Morgan fingerprint density at radius 1 is 1.03 bits per heavy atom. The first-order valence-corrected chi connectivity index (χ1v) is 10.3. The summed E-state index contributed by atoms with van der Waals surface area (Å²) in [5.74, 6) is 0.864. The molecule has 0 spiro atoms. The van der Waals surface area contributed by atoms with E-state index in [2.05, 4.69) is 0 Å². The molecule has 1 saturated heterocycles. The SMILES string of the molecule is COc1ccc(OCCN2C(=O)C(c3cccs3)=C(N3CCOCC3)C2=O)cc1. The fraction of sp³-hybridized carbons (Fsp3) is 0.333. The molecule has 4 rings (SSSR count). The minimum atomic E-state index is -0.266. The van der Waals surface area contributed by atoms with Crippen molar-refractivity contribution >= 4 is 28.7 Å². The molecular formula is C21H22N2O5S. The molecular weight excluding hydrogens is 392 g/mol. The van der Waals surface area contributed by atoms with Gasteiger partial charge in [0.15, 0.2) is 0 Å². The molecule has 1 fully saturated rings. The van der Waals surface area contributed by atoms with Gasteiger partial charge in [0.25, 0.3) is 11.8 Å². The molecule has 0 aliphatic carbocycles. The number of methoxy groups -OCH3 is 1. The van der Waals surface area contributed by atoms with E-state index in [0.29, 0.717) is 43.3 Å². The van der Waals surface area contributed by atoms with E-state index in [9.17, 15) is 9.59 Å². The standard InChI is InChI=1S/C21H22N2O5S/c1-26-15-4-6-16(7-5-15)28-13-10-23-20(24)18(17-3-2-14-29-17)19(21(23)25)22-8-11-27-12-9-22/h2-7,14H,8-13H2,1H3. The molecule has 2 aromatic rings. The van der Waals surface area contributed by atoms with Crippen molar-refractivity contribution in [2.75, 3.05) is 46.6 Å². The van der Waals surface area contributed by atoms with Crippen LogP contribution in [0.5, 0.6) is 11.5 Å². The Labute approximate surface area is 173 Å². The van der Waals surface area contributed by atoms with Crippen molar-refractivity contribution in [3.8, 4) is 11.5 Å². The van der Waals surface area contributed by atoms with Gasteiger partial charge in [-0.15, -0.1) is 11.3 Å². The second-order valence-corrected chi connectivity index (χ2v) is 7.53. The minimum absolute atomic E-state index is 0.187. The van der Waals surface area contributed by atoms with Crippen LogP contribution >= 0.6 is 11.3 Å². The lowest BCUT2D eigenvalue weighted by molar-refractivity contribution is -0.138. The minimum Gasteiger partial charge on any atom is -0.497 e. The molecule has 0 saturated carbocycles. The molecule has 29 heavy (non-hydrogen) atoms. The number of morpholine rings is 1. The van der Waals surface area contributed by atoms with Gasteiger partial charge in [0.05, 0.1) is 32.4 Å². The molecule has 0 atom stereocenters. The summed E-state index contributed by atoms with van der Waals surface area (Å²) in [6.07, 6.45) is 0. The summed E-state index contributed by atoms with van der Waals surface area (Å²) < 4.78 is 16.3. The number of ether oxygens (including phenoxy) is 3. The van der Waals surface area contributed by atoms with Gasteiger partial charge in [0.2, 0.25) is 0 Å². The second-order valence-electron chi connectivity index (χ2n) is 6.59. The summed E-state index contributed by atoms with van der Waals surface area (Å²) in [4.78, 5) is 30.3. The van der Waals surface area contributed by atoms with Crippen LogP contribution in [0.15, 0.2) is 47.5 Å². The number of rotatable bonds is 7. The van der Waals surface area contributed by atoms with Crippen LogP contribution < -0.4 is 9.47 Å². The fourth-order valence-electron chi connectivity index (χ4n) is 3.42. The van der Waals surface area contributed by atoms with Gasteiger partial charge in [-0.25, -0.2) is 0 Å². The highest BCUT2D eigenvalue weighted by molar-refractivity contribution is 7.11. The Morgan fingerprint density at radius 3 is 2.41 bits per heavy atom. The zero-order chi connectivity index (χ0) is 20.2. The van der Waals surface area contributed by atoms with Crippen molar-refractivity contribution in [1.82, 2.24) is 9.80 Å². The predicted molar refractivity (Wildman–Crippen MR) is 109 cm³/mol. The quantitative estimate of drug-likeness (QED) is 0.648. The Balaban J connectivity index is 1.49. The number of thiophene rings is 1. The maximum absolute atomic E-state index is 13.1. The number of imide groups is 1. The van der Waals surface area contributed by atoms with Crippen LogP contribution in [0, 0.1) is 0 Å². The third-order valence-corrected chi connectivity index (χ3v) is 5.77. The van der Waals surface area contributed by atoms with Gasteiger partial charge in [0, 0.05) is 18.0 Å². The van der Waals surface area contributed by atoms with Crippen LogP contribution in [-0.2, 0) is 14.3 Å². The summed E-state index contributed by atoms with van der Waals surface area (Å²) in [6, 6.07) is 10.9. The third-order valence-electron chi connectivity index (χ3n) is 4.88. The molecule has 1 aromatic carbocycles. The largest absolute Gasteiger partial charge is 0.497 e. The number of carbonyl (C=O) groups excluding carboxylic acids is 2. The number of hydrogen-bond donors (Lipinski definition) is 0. The van der Waals surface area contributed by atoms with E-state index in [0.717, 1.165) is 10.6 Å². The average molecular weight is 414 g/mol.